The molecular weight excluding hydrogens is 178 g/mol. The van der Waals surface area contributed by atoms with Gasteiger partial charge in [0.1, 0.15) is 5.75 Å². The quantitative estimate of drug-likeness (QED) is 0.600. The second kappa shape index (κ2) is 2.38. The Balaban J connectivity index is 2.61. The molecule has 0 radical (unpaired) electrons. The minimum atomic E-state index is -0.0856. The Bertz CT molecular complexity index is 362. The number of nitrogens with one attached hydrogen (secondary N) is 1. The van der Waals surface area contributed by atoms with E-state index in [0.717, 1.165) is 0 Å². The number of fused-ring (bicyclic) bond motifs is 1. The fraction of sp³-hybridized carbons (Fsp3) is 0.125. The van der Waals surface area contributed by atoms with Crippen LogP contribution in [0, 0.1) is 0 Å². The second-order valence-electron chi connectivity index (χ2n) is 2.65. The van der Waals surface area contributed by atoms with Gasteiger partial charge in [0.05, 0.1) is 11.4 Å². The number of amides is 1. The van der Waals surface area contributed by atoms with Crippen LogP contribution in [0.3, 0.4) is 0 Å². The first-order valence-corrected chi connectivity index (χ1v) is 3.86. The average Bonchev–Trinajstić information content (AvgIpc) is 2.39. The van der Waals surface area contributed by atoms with E-state index in [1.165, 1.54) is 6.07 Å². The lowest BCUT2D eigenvalue weighted by Crippen LogP contribution is -2.03. The molecule has 4 heteroatoms. The molecule has 0 aliphatic carbocycles. The van der Waals surface area contributed by atoms with Crippen molar-refractivity contribution in [1.29, 1.82) is 0 Å². The number of phenols is 1. The van der Waals surface area contributed by atoms with Crippen LogP contribution in [0.2, 0.25) is 5.02 Å². The summed E-state index contributed by atoms with van der Waals surface area (Å²) in [6, 6.07) is 3.11. The number of benzene rings is 1. The molecule has 2 rings (SSSR count). The maximum Gasteiger partial charge on any atom is 0.228 e. The topological polar surface area (TPSA) is 49.3 Å². The minimum absolute atomic E-state index is 0.0203. The Kier molecular flexibility index (Phi) is 1.48. The minimum Gasteiger partial charge on any atom is -0.506 e. The van der Waals surface area contributed by atoms with Crippen molar-refractivity contribution in [2.24, 2.45) is 0 Å². The van der Waals surface area contributed by atoms with Gasteiger partial charge in [-0.25, -0.2) is 0 Å². The fourth-order valence-corrected chi connectivity index (χ4v) is 1.49. The molecule has 1 amide bonds. The van der Waals surface area contributed by atoms with Gasteiger partial charge in [-0.15, -0.1) is 0 Å². The van der Waals surface area contributed by atoms with Crippen molar-refractivity contribution in [3.05, 3.63) is 22.7 Å². The number of halogens is 1. The van der Waals surface area contributed by atoms with Gasteiger partial charge in [0, 0.05) is 11.3 Å². The van der Waals surface area contributed by atoms with Crippen LogP contribution in [0.15, 0.2) is 12.1 Å². The van der Waals surface area contributed by atoms with Gasteiger partial charge in [0.2, 0.25) is 5.91 Å². The highest BCUT2D eigenvalue weighted by atomic mass is 35.5. The van der Waals surface area contributed by atoms with E-state index in [4.69, 9.17) is 11.6 Å². The summed E-state index contributed by atoms with van der Waals surface area (Å²) in [7, 11) is 0. The normalized spacial score (nSPS) is 14.2. The van der Waals surface area contributed by atoms with E-state index < -0.39 is 0 Å². The molecule has 1 aromatic carbocycles. The van der Waals surface area contributed by atoms with E-state index in [9.17, 15) is 9.90 Å². The smallest absolute Gasteiger partial charge is 0.228 e. The number of hydrogen-bond acceptors (Lipinski definition) is 2. The fourth-order valence-electron chi connectivity index (χ4n) is 1.25. The highest BCUT2D eigenvalue weighted by Crippen LogP contribution is 2.35. The summed E-state index contributed by atoms with van der Waals surface area (Å²) in [6.45, 7) is 0. The Morgan fingerprint density at radius 1 is 1.50 bits per heavy atom. The van der Waals surface area contributed by atoms with Crippen molar-refractivity contribution in [2.75, 3.05) is 5.32 Å². The molecule has 0 bridgehead atoms. The molecule has 0 atom stereocenters. The highest BCUT2D eigenvalue weighted by molar-refractivity contribution is 6.34. The second-order valence-corrected chi connectivity index (χ2v) is 3.03. The van der Waals surface area contributed by atoms with Gasteiger partial charge >= 0.3 is 0 Å². The lowest BCUT2D eigenvalue weighted by molar-refractivity contribution is -0.115. The number of hydrogen-bond donors (Lipinski definition) is 2. The molecule has 62 valence electrons. The zero-order valence-corrected chi connectivity index (χ0v) is 6.85. The molecule has 0 aromatic heterocycles. The largest absolute Gasteiger partial charge is 0.506 e. The third-order valence-corrected chi connectivity index (χ3v) is 2.26. The van der Waals surface area contributed by atoms with Crippen LogP contribution in [-0.2, 0) is 11.2 Å². The predicted octanol–water partition coefficient (Wildman–Crippen LogP) is 1.54. The van der Waals surface area contributed by atoms with Crippen molar-refractivity contribution in [3.63, 3.8) is 0 Å². The molecule has 1 aromatic rings. The van der Waals surface area contributed by atoms with Gasteiger partial charge in [0.15, 0.2) is 0 Å². The summed E-state index contributed by atoms with van der Waals surface area (Å²) < 4.78 is 0. The number of phenolic OH excluding ortho intramolecular Hbond substituents is 1. The first kappa shape index (κ1) is 7.43. The summed E-state index contributed by atoms with van der Waals surface area (Å²) >= 11 is 5.76. The maximum absolute atomic E-state index is 10.9. The van der Waals surface area contributed by atoms with Gasteiger partial charge in [-0.1, -0.05) is 11.6 Å². The van der Waals surface area contributed by atoms with Crippen LogP contribution in [0.4, 0.5) is 5.69 Å². The van der Waals surface area contributed by atoms with Gasteiger partial charge in [-0.2, -0.15) is 0 Å². The Labute approximate surface area is 74.0 Å². The van der Waals surface area contributed by atoms with Crippen LogP contribution < -0.4 is 5.32 Å². The first-order chi connectivity index (χ1) is 5.68. The average molecular weight is 184 g/mol. The van der Waals surface area contributed by atoms with Gasteiger partial charge in [-0.05, 0) is 12.1 Å². The summed E-state index contributed by atoms with van der Waals surface area (Å²) in [4.78, 5) is 10.9. The zero-order chi connectivity index (χ0) is 8.72. The van der Waals surface area contributed by atoms with E-state index >= 15 is 0 Å². The highest BCUT2D eigenvalue weighted by Gasteiger charge is 2.21. The van der Waals surface area contributed by atoms with Crippen LogP contribution in [0.5, 0.6) is 5.75 Å². The third kappa shape index (κ3) is 0.940. The molecule has 12 heavy (non-hydrogen) atoms. The van der Waals surface area contributed by atoms with Crippen molar-refractivity contribution in [1.82, 2.24) is 0 Å². The van der Waals surface area contributed by atoms with E-state index in [1.807, 2.05) is 0 Å². The van der Waals surface area contributed by atoms with Crippen LogP contribution in [0.1, 0.15) is 5.56 Å². The van der Waals surface area contributed by atoms with E-state index in [-0.39, 0.29) is 23.1 Å². The van der Waals surface area contributed by atoms with Crippen molar-refractivity contribution in [2.45, 2.75) is 6.42 Å². The van der Waals surface area contributed by atoms with Crippen molar-refractivity contribution < 1.29 is 9.90 Å². The van der Waals surface area contributed by atoms with Crippen LogP contribution in [-0.4, -0.2) is 11.0 Å². The standard InChI is InChI=1S/C8H6ClNO2/c9-8-4-3-7(12)10-5(4)1-2-6(8)11/h1-2,11H,3H2,(H,10,12). The molecule has 0 spiro atoms. The molecule has 1 aliphatic rings. The SMILES string of the molecule is O=C1Cc2c(ccc(O)c2Cl)N1. The van der Waals surface area contributed by atoms with Crippen molar-refractivity contribution in [3.8, 4) is 5.75 Å². The molecule has 3 nitrogen and oxygen atoms in total. The lowest BCUT2D eigenvalue weighted by atomic mass is 10.1. The molecule has 0 saturated heterocycles. The molecule has 0 unspecified atom stereocenters. The van der Waals surface area contributed by atoms with Gasteiger partial charge in [0.25, 0.3) is 0 Å². The molecule has 1 heterocycles. The lowest BCUT2D eigenvalue weighted by Gasteiger charge is -2.01. The molecule has 0 saturated carbocycles. The Hall–Kier alpha value is -1.22. The summed E-state index contributed by atoms with van der Waals surface area (Å²) in [6.07, 6.45) is 0.253. The molecule has 0 fully saturated rings. The van der Waals surface area contributed by atoms with E-state index in [1.54, 1.807) is 6.07 Å². The summed E-state index contributed by atoms with van der Waals surface area (Å²) in [5, 5.41) is 12.1. The Morgan fingerprint density at radius 2 is 2.25 bits per heavy atom. The van der Waals surface area contributed by atoms with Gasteiger partial charge in [-0.3, -0.25) is 4.79 Å². The predicted molar refractivity (Wildman–Crippen MR) is 45.5 cm³/mol. The number of aromatic hydroxyl groups is 1. The van der Waals surface area contributed by atoms with Crippen LogP contribution in [0.25, 0.3) is 0 Å². The number of rotatable bonds is 0. The van der Waals surface area contributed by atoms with Crippen molar-refractivity contribution >= 4 is 23.2 Å². The Morgan fingerprint density at radius 3 is 3.00 bits per heavy atom. The zero-order valence-electron chi connectivity index (χ0n) is 6.10. The summed E-state index contributed by atoms with van der Waals surface area (Å²) in [5.74, 6) is -0.0654. The number of anilines is 1. The molecule has 1 aliphatic heterocycles. The monoisotopic (exact) mass is 183 g/mol. The van der Waals surface area contributed by atoms with Crippen LogP contribution >= 0.6 is 11.6 Å². The number of carbonyl (C=O) groups excluding carboxylic acids is 1. The van der Waals surface area contributed by atoms with E-state index in [2.05, 4.69) is 5.32 Å². The third-order valence-electron chi connectivity index (χ3n) is 1.83. The van der Waals surface area contributed by atoms with E-state index in [0.29, 0.717) is 11.3 Å². The maximum atomic E-state index is 10.9. The van der Waals surface area contributed by atoms with Gasteiger partial charge < -0.3 is 10.4 Å². The molecular formula is C8H6ClNO2. The first-order valence-electron chi connectivity index (χ1n) is 3.48. The number of carbonyl (C=O) groups is 1. The summed E-state index contributed by atoms with van der Waals surface area (Å²) in [5.41, 5.74) is 1.38. The molecule has 2 N–H and O–H groups in total.